The van der Waals surface area contributed by atoms with Crippen molar-refractivity contribution in [2.45, 2.75) is 38.5 Å². The summed E-state index contributed by atoms with van der Waals surface area (Å²) in [5.41, 5.74) is 2.01. The van der Waals surface area contributed by atoms with Crippen molar-refractivity contribution in [3.63, 3.8) is 0 Å². The number of hydrogen-bond donors (Lipinski definition) is 0. The van der Waals surface area contributed by atoms with Crippen molar-refractivity contribution in [2.24, 2.45) is 0 Å². The third-order valence-electron chi connectivity index (χ3n) is 4.03. The second kappa shape index (κ2) is 6.18. The molecule has 1 aliphatic heterocycles. The number of nitrogens with zero attached hydrogens (tertiary/aromatic N) is 1. The van der Waals surface area contributed by atoms with Crippen LogP contribution in [0.25, 0.3) is 11.2 Å². The summed E-state index contributed by atoms with van der Waals surface area (Å²) >= 11 is 3.42. The summed E-state index contributed by atoms with van der Waals surface area (Å²) in [5.74, 6) is -0.382. The molecule has 0 saturated carbocycles. The SMILES string of the molecule is O=C1c2c(c3ccc2o3)C(=O)N1CCCCCCCCBr. The van der Waals surface area contributed by atoms with Gasteiger partial charge in [-0.15, -0.1) is 0 Å². The zero-order valence-corrected chi connectivity index (χ0v) is 13.4. The van der Waals surface area contributed by atoms with Gasteiger partial charge in [-0.3, -0.25) is 14.5 Å². The molecule has 2 bridgehead atoms. The number of amides is 2. The summed E-state index contributed by atoms with van der Waals surface area (Å²) in [6.45, 7) is 0.518. The summed E-state index contributed by atoms with van der Waals surface area (Å²) < 4.78 is 5.38. The van der Waals surface area contributed by atoms with Crippen LogP contribution >= 0.6 is 15.9 Å². The van der Waals surface area contributed by atoms with Crippen LogP contribution in [0.15, 0.2) is 16.5 Å². The van der Waals surface area contributed by atoms with E-state index in [2.05, 4.69) is 15.9 Å². The monoisotopic (exact) mass is 351 g/mol. The van der Waals surface area contributed by atoms with Crippen molar-refractivity contribution >= 4 is 38.9 Å². The summed E-state index contributed by atoms with van der Waals surface area (Å²) in [4.78, 5) is 25.9. The number of benzene rings is 1. The standard InChI is InChI=1S/C16H18BrNO3/c17-9-5-3-1-2-4-6-10-18-15(19)13-11-7-8-12(21-11)14(13)16(18)20/h7-8H,1-6,9-10H2. The maximum atomic E-state index is 12.3. The number of alkyl halides is 1. The first-order valence-electron chi connectivity index (χ1n) is 7.51. The van der Waals surface area contributed by atoms with Crippen molar-refractivity contribution < 1.29 is 14.0 Å². The normalized spacial score (nSPS) is 14.6. The largest absolute Gasteiger partial charge is 0.456 e. The van der Waals surface area contributed by atoms with E-state index in [-0.39, 0.29) is 11.8 Å². The fourth-order valence-electron chi connectivity index (χ4n) is 2.91. The van der Waals surface area contributed by atoms with Crippen molar-refractivity contribution in [1.82, 2.24) is 4.90 Å². The van der Waals surface area contributed by atoms with E-state index in [9.17, 15) is 9.59 Å². The van der Waals surface area contributed by atoms with Crippen molar-refractivity contribution in [3.8, 4) is 0 Å². The highest BCUT2D eigenvalue weighted by atomic mass is 79.9. The van der Waals surface area contributed by atoms with Crippen LogP contribution in [-0.4, -0.2) is 28.6 Å². The van der Waals surface area contributed by atoms with Gasteiger partial charge in [0.15, 0.2) is 0 Å². The molecular formula is C16H18BrNO3. The van der Waals surface area contributed by atoms with Crippen molar-refractivity contribution in [1.29, 1.82) is 0 Å². The molecule has 3 heterocycles. The minimum absolute atomic E-state index is 0.191. The Kier molecular flexibility index (Phi) is 4.29. The molecule has 0 N–H and O–H groups in total. The number of halogens is 1. The number of hydrogen-bond acceptors (Lipinski definition) is 3. The minimum Gasteiger partial charge on any atom is -0.456 e. The summed E-state index contributed by atoms with van der Waals surface area (Å²) in [7, 11) is 0. The predicted molar refractivity (Wildman–Crippen MR) is 84.3 cm³/mol. The van der Waals surface area contributed by atoms with E-state index < -0.39 is 0 Å². The molecule has 2 aromatic heterocycles. The zero-order valence-electron chi connectivity index (χ0n) is 11.9. The third-order valence-corrected chi connectivity index (χ3v) is 4.59. The summed E-state index contributed by atoms with van der Waals surface area (Å²) in [5, 5.41) is 1.06. The van der Waals surface area contributed by atoms with E-state index in [1.54, 1.807) is 12.1 Å². The van der Waals surface area contributed by atoms with E-state index >= 15 is 0 Å². The van der Waals surface area contributed by atoms with Crippen LogP contribution in [0, 0.1) is 0 Å². The number of carbonyl (C=O) groups is 2. The van der Waals surface area contributed by atoms with E-state index in [0.717, 1.165) is 24.6 Å². The van der Waals surface area contributed by atoms with Gasteiger partial charge in [-0.1, -0.05) is 41.6 Å². The van der Waals surface area contributed by atoms with Crippen LogP contribution in [0.1, 0.15) is 59.2 Å². The lowest BCUT2D eigenvalue weighted by molar-refractivity contribution is 0.0651. The fraction of sp³-hybridized carbons (Fsp3) is 0.500. The van der Waals surface area contributed by atoms with Crippen molar-refractivity contribution in [3.05, 3.63) is 23.3 Å². The highest BCUT2D eigenvalue weighted by Gasteiger charge is 2.41. The van der Waals surface area contributed by atoms with Crippen LogP contribution in [0.3, 0.4) is 0 Å². The first-order valence-corrected chi connectivity index (χ1v) is 8.63. The minimum atomic E-state index is -0.191. The number of rotatable bonds is 8. The lowest BCUT2D eigenvalue weighted by atomic mass is 10.1. The first-order chi connectivity index (χ1) is 10.2. The average Bonchev–Trinajstić information content (AvgIpc) is 3.15. The van der Waals surface area contributed by atoms with Gasteiger partial charge >= 0.3 is 0 Å². The predicted octanol–water partition coefficient (Wildman–Crippen LogP) is 4.20. The third kappa shape index (κ3) is 2.59. The van der Waals surface area contributed by atoms with Crippen LogP contribution in [0.2, 0.25) is 0 Å². The molecule has 0 aromatic carbocycles. The Hall–Kier alpha value is -1.36. The van der Waals surface area contributed by atoms with Crippen molar-refractivity contribution in [2.75, 3.05) is 11.9 Å². The molecule has 0 saturated heterocycles. The molecule has 5 heteroatoms. The highest BCUT2D eigenvalue weighted by Crippen LogP contribution is 2.35. The molecule has 1 aliphatic rings. The second-order valence-corrected chi connectivity index (χ2v) is 6.28. The Balaban J connectivity index is 1.51. The van der Waals surface area contributed by atoms with Crippen LogP contribution in [-0.2, 0) is 0 Å². The first kappa shape index (κ1) is 14.6. The lowest BCUT2D eigenvalue weighted by Gasteiger charge is -2.13. The number of imide groups is 1. The summed E-state index contributed by atoms with van der Waals surface area (Å²) in [6.07, 6.45) is 6.77. The molecule has 0 spiro atoms. The topological polar surface area (TPSA) is 50.5 Å². The smallest absolute Gasteiger partial charge is 0.265 e. The summed E-state index contributed by atoms with van der Waals surface area (Å²) in [6, 6.07) is 3.51. The number of furan rings is 2. The van der Waals surface area contributed by atoms with Gasteiger partial charge in [0, 0.05) is 11.9 Å². The van der Waals surface area contributed by atoms with Gasteiger partial charge in [0.05, 0.1) is 11.1 Å². The number of carbonyl (C=O) groups excluding carboxylic acids is 2. The number of fused-ring (bicyclic) bond motifs is 5. The van der Waals surface area contributed by atoms with E-state index in [4.69, 9.17) is 4.42 Å². The Bertz CT molecular complexity index is 604. The molecule has 4 nitrogen and oxygen atoms in total. The van der Waals surface area contributed by atoms with E-state index in [0.29, 0.717) is 28.8 Å². The highest BCUT2D eigenvalue weighted by molar-refractivity contribution is 9.09. The maximum Gasteiger partial charge on any atom is 0.265 e. The molecule has 0 aliphatic carbocycles. The Morgan fingerprint density at radius 3 is 1.95 bits per heavy atom. The van der Waals surface area contributed by atoms with Crippen LogP contribution in [0.4, 0.5) is 0 Å². The molecule has 2 amide bonds. The van der Waals surface area contributed by atoms with Gasteiger partial charge in [0.2, 0.25) is 0 Å². The van der Waals surface area contributed by atoms with Gasteiger partial charge in [0.1, 0.15) is 11.2 Å². The average molecular weight is 352 g/mol. The van der Waals surface area contributed by atoms with E-state index in [1.807, 2.05) is 0 Å². The lowest BCUT2D eigenvalue weighted by Crippen LogP contribution is -2.30. The fourth-order valence-corrected chi connectivity index (χ4v) is 3.31. The van der Waals surface area contributed by atoms with Gasteiger partial charge in [-0.2, -0.15) is 0 Å². The van der Waals surface area contributed by atoms with Crippen LogP contribution in [0.5, 0.6) is 0 Å². The molecule has 0 fully saturated rings. The Morgan fingerprint density at radius 2 is 1.38 bits per heavy atom. The Labute approximate surface area is 131 Å². The molecule has 3 rings (SSSR count). The molecule has 0 atom stereocenters. The zero-order chi connectivity index (χ0) is 14.8. The molecular weight excluding hydrogens is 334 g/mol. The van der Waals surface area contributed by atoms with Gasteiger partial charge in [0.25, 0.3) is 11.8 Å². The van der Waals surface area contributed by atoms with Crippen LogP contribution < -0.4 is 0 Å². The van der Waals surface area contributed by atoms with Gasteiger partial charge in [-0.05, 0) is 25.0 Å². The van der Waals surface area contributed by atoms with Gasteiger partial charge < -0.3 is 4.42 Å². The molecule has 0 unspecified atom stereocenters. The maximum absolute atomic E-state index is 12.3. The molecule has 0 radical (unpaired) electrons. The molecule has 2 aromatic rings. The number of unbranched alkanes of at least 4 members (excludes halogenated alkanes) is 5. The second-order valence-electron chi connectivity index (χ2n) is 5.49. The molecule has 112 valence electrons. The van der Waals surface area contributed by atoms with E-state index in [1.165, 1.54) is 24.2 Å². The Morgan fingerprint density at radius 1 is 0.857 bits per heavy atom. The van der Waals surface area contributed by atoms with Gasteiger partial charge in [-0.25, -0.2) is 0 Å². The quantitative estimate of drug-likeness (QED) is 0.406. The molecule has 21 heavy (non-hydrogen) atoms.